The van der Waals surface area contributed by atoms with Crippen molar-refractivity contribution >= 4 is 21.7 Å². The Bertz CT molecular complexity index is 1340. The summed E-state index contributed by atoms with van der Waals surface area (Å²) >= 11 is 0. The third-order valence-corrected chi connectivity index (χ3v) is 4.77. The summed E-state index contributed by atoms with van der Waals surface area (Å²) < 4.78 is 16.8. The molecule has 0 aliphatic carbocycles. The summed E-state index contributed by atoms with van der Waals surface area (Å²) in [7, 11) is 0. The molecular weight excluding hydrogens is 352 g/mol. The second-order valence-electron chi connectivity index (χ2n) is 6.55. The number of furan rings is 1. The van der Waals surface area contributed by atoms with Gasteiger partial charge in [0.15, 0.2) is 0 Å². The molecule has 4 nitrogen and oxygen atoms in total. The van der Waals surface area contributed by atoms with E-state index in [4.69, 9.17) is 13.6 Å². The average Bonchev–Trinajstić information content (AvgIpc) is 3.15. The van der Waals surface area contributed by atoms with Crippen molar-refractivity contribution < 1.29 is 13.6 Å². The lowest BCUT2D eigenvalue weighted by Crippen LogP contribution is -1.99. The van der Waals surface area contributed by atoms with Crippen molar-refractivity contribution in [1.29, 1.82) is 0 Å². The zero-order valence-corrected chi connectivity index (χ0v) is 14.9. The second kappa shape index (κ2) is 6.74. The van der Waals surface area contributed by atoms with Crippen LogP contribution in [0.3, 0.4) is 0 Å². The second-order valence-corrected chi connectivity index (χ2v) is 6.55. The largest absolute Gasteiger partial charge is 0.489 e. The molecule has 0 N–H and O–H groups in total. The van der Waals surface area contributed by atoms with Gasteiger partial charge in [-0.15, -0.1) is 0 Å². The molecule has 5 aromatic rings. The van der Waals surface area contributed by atoms with Gasteiger partial charge in [-0.1, -0.05) is 42.5 Å². The van der Waals surface area contributed by atoms with Gasteiger partial charge < -0.3 is 13.6 Å². The van der Waals surface area contributed by atoms with E-state index in [-0.39, 0.29) is 0 Å². The van der Waals surface area contributed by atoms with E-state index in [9.17, 15) is 4.79 Å². The molecule has 0 aliphatic rings. The molecule has 28 heavy (non-hydrogen) atoms. The number of fused-ring (bicyclic) bond motifs is 2. The first kappa shape index (κ1) is 16.4. The van der Waals surface area contributed by atoms with Crippen LogP contribution in [0, 0.1) is 0 Å². The number of rotatable bonds is 4. The lowest BCUT2D eigenvalue weighted by molar-refractivity contribution is 0.308. The van der Waals surface area contributed by atoms with Crippen LogP contribution in [0.5, 0.6) is 5.75 Å². The van der Waals surface area contributed by atoms with Gasteiger partial charge in [0, 0.05) is 11.5 Å². The van der Waals surface area contributed by atoms with Crippen LogP contribution >= 0.6 is 0 Å². The Morgan fingerprint density at radius 2 is 1.71 bits per heavy atom. The van der Waals surface area contributed by atoms with E-state index >= 15 is 0 Å². The van der Waals surface area contributed by atoms with Gasteiger partial charge in [-0.3, -0.25) is 0 Å². The molecule has 136 valence electrons. The SMILES string of the molecule is O=c1occcc1-c1cc2ccc(OCc3cccc4ccccc34)cc2o1. The van der Waals surface area contributed by atoms with Crippen molar-refractivity contribution in [3.8, 4) is 17.1 Å². The van der Waals surface area contributed by atoms with Crippen LogP contribution < -0.4 is 10.4 Å². The van der Waals surface area contributed by atoms with Gasteiger partial charge in [-0.05, 0) is 46.7 Å². The summed E-state index contributed by atoms with van der Waals surface area (Å²) in [6.07, 6.45) is 1.35. The fourth-order valence-corrected chi connectivity index (χ4v) is 3.36. The maximum atomic E-state index is 11.9. The summed E-state index contributed by atoms with van der Waals surface area (Å²) in [5.74, 6) is 1.19. The van der Waals surface area contributed by atoms with E-state index in [1.165, 1.54) is 17.0 Å². The van der Waals surface area contributed by atoms with E-state index in [0.717, 1.165) is 10.9 Å². The van der Waals surface area contributed by atoms with E-state index in [2.05, 4.69) is 24.3 Å². The molecule has 0 bridgehead atoms. The molecule has 0 saturated carbocycles. The highest BCUT2D eigenvalue weighted by molar-refractivity contribution is 5.86. The molecule has 2 heterocycles. The Balaban J connectivity index is 1.44. The molecule has 0 saturated heterocycles. The molecule has 4 heteroatoms. The summed E-state index contributed by atoms with van der Waals surface area (Å²) in [5, 5.41) is 3.27. The summed E-state index contributed by atoms with van der Waals surface area (Å²) in [4.78, 5) is 11.9. The number of ether oxygens (including phenoxy) is 1. The highest BCUT2D eigenvalue weighted by Gasteiger charge is 2.11. The van der Waals surface area contributed by atoms with Crippen LogP contribution in [0.15, 0.2) is 98.8 Å². The lowest BCUT2D eigenvalue weighted by atomic mass is 10.1. The normalized spacial score (nSPS) is 11.1. The number of hydrogen-bond acceptors (Lipinski definition) is 4. The molecule has 2 aromatic heterocycles. The molecule has 0 unspecified atom stereocenters. The minimum Gasteiger partial charge on any atom is -0.489 e. The predicted molar refractivity (Wildman–Crippen MR) is 108 cm³/mol. The van der Waals surface area contributed by atoms with Crippen molar-refractivity contribution in [3.05, 3.63) is 101 Å². The third kappa shape index (κ3) is 2.95. The van der Waals surface area contributed by atoms with Crippen LogP contribution in [0.2, 0.25) is 0 Å². The van der Waals surface area contributed by atoms with Crippen LogP contribution in [0.4, 0.5) is 0 Å². The van der Waals surface area contributed by atoms with Gasteiger partial charge in [0.1, 0.15) is 29.3 Å². The Labute approximate surface area is 160 Å². The first-order chi connectivity index (χ1) is 13.8. The van der Waals surface area contributed by atoms with Gasteiger partial charge in [0.05, 0.1) is 6.26 Å². The molecule has 0 radical (unpaired) electrons. The first-order valence-electron chi connectivity index (χ1n) is 8.99. The van der Waals surface area contributed by atoms with Crippen LogP contribution in [0.1, 0.15) is 5.56 Å². The van der Waals surface area contributed by atoms with Crippen LogP contribution in [-0.4, -0.2) is 0 Å². The highest BCUT2D eigenvalue weighted by atomic mass is 16.5. The van der Waals surface area contributed by atoms with Gasteiger partial charge in [-0.2, -0.15) is 0 Å². The smallest absolute Gasteiger partial charge is 0.346 e. The summed E-state index contributed by atoms with van der Waals surface area (Å²) in [6, 6.07) is 25.3. The summed E-state index contributed by atoms with van der Waals surface area (Å²) in [5.41, 5.74) is 1.76. The molecule has 0 fully saturated rings. The molecule has 0 spiro atoms. The van der Waals surface area contributed by atoms with Gasteiger partial charge >= 0.3 is 5.63 Å². The van der Waals surface area contributed by atoms with Crippen molar-refractivity contribution in [2.75, 3.05) is 0 Å². The molecular formula is C24H16O4. The lowest BCUT2D eigenvalue weighted by Gasteiger charge is -2.09. The van der Waals surface area contributed by atoms with Gasteiger partial charge in [-0.25, -0.2) is 4.79 Å². The highest BCUT2D eigenvalue weighted by Crippen LogP contribution is 2.29. The van der Waals surface area contributed by atoms with Crippen molar-refractivity contribution in [3.63, 3.8) is 0 Å². The predicted octanol–water partition coefficient (Wildman–Crippen LogP) is 5.79. The van der Waals surface area contributed by atoms with Crippen LogP contribution in [-0.2, 0) is 6.61 Å². The molecule has 3 aromatic carbocycles. The van der Waals surface area contributed by atoms with Crippen molar-refractivity contribution in [2.45, 2.75) is 6.61 Å². The third-order valence-electron chi connectivity index (χ3n) is 4.77. The Morgan fingerprint density at radius 3 is 2.64 bits per heavy atom. The standard InChI is InChI=1S/C24H16O4/c25-24-21(9-4-12-26-24)23-13-17-10-11-19(14-22(17)28-23)27-15-18-7-3-6-16-5-1-2-8-20(16)18/h1-14H,15H2. The monoisotopic (exact) mass is 368 g/mol. The molecule has 5 rings (SSSR count). The first-order valence-corrected chi connectivity index (χ1v) is 8.99. The van der Waals surface area contributed by atoms with E-state index < -0.39 is 5.63 Å². The van der Waals surface area contributed by atoms with Gasteiger partial charge in [0.25, 0.3) is 0 Å². The zero-order chi connectivity index (χ0) is 18.9. The Hall–Kier alpha value is -3.79. The maximum absolute atomic E-state index is 11.9. The molecule has 0 amide bonds. The van der Waals surface area contributed by atoms with E-state index in [1.807, 2.05) is 42.5 Å². The van der Waals surface area contributed by atoms with E-state index in [0.29, 0.717) is 29.3 Å². The quantitative estimate of drug-likeness (QED) is 0.403. The minimum absolute atomic E-state index is 0.400. The van der Waals surface area contributed by atoms with E-state index in [1.54, 1.807) is 12.1 Å². The Morgan fingerprint density at radius 1 is 0.821 bits per heavy atom. The fourth-order valence-electron chi connectivity index (χ4n) is 3.36. The topological polar surface area (TPSA) is 52.6 Å². The number of hydrogen-bond donors (Lipinski definition) is 0. The molecule has 0 aliphatic heterocycles. The van der Waals surface area contributed by atoms with Crippen molar-refractivity contribution in [1.82, 2.24) is 0 Å². The summed E-state index contributed by atoms with van der Waals surface area (Å²) in [6.45, 7) is 0.461. The minimum atomic E-state index is -0.422. The number of benzene rings is 3. The average molecular weight is 368 g/mol. The fraction of sp³-hybridized carbons (Fsp3) is 0.0417. The Kier molecular flexibility index (Phi) is 3.95. The van der Waals surface area contributed by atoms with Gasteiger partial charge in [0.2, 0.25) is 0 Å². The maximum Gasteiger partial charge on any atom is 0.346 e. The zero-order valence-electron chi connectivity index (χ0n) is 14.9. The van der Waals surface area contributed by atoms with Crippen molar-refractivity contribution in [2.24, 2.45) is 0 Å². The van der Waals surface area contributed by atoms with Crippen LogP contribution in [0.25, 0.3) is 33.1 Å². The molecule has 0 atom stereocenters.